The first-order chi connectivity index (χ1) is 10.9. The molecule has 0 saturated carbocycles. The largest absolute Gasteiger partial charge is 0.465 e. The van der Waals surface area contributed by atoms with E-state index >= 15 is 0 Å². The van der Waals surface area contributed by atoms with Crippen molar-refractivity contribution < 1.29 is 23.8 Å². The zero-order valence-corrected chi connectivity index (χ0v) is 13.3. The second-order valence-corrected chi connectivity index (χ2v) is 5.80. The van der Waals surface area contributed by atoms with E-state index in [0.717, 1.165) is 0 Å². The Labute approximate surface area is 138 Å². The summed E-state index contributed by atoms with van der Waals surface area (Å²) in [6, 6.07) is 4.36. The number of benzene rings is 1. The highest BCUT2D eigenvalue weighted by atomic mass is 35.5. The summed E-state index contributed by atoms with van der Waals surface area (Å²) in [4.78, 5) is 23.6. The van der Waals surface area contributed by atoms with Crippen molar-refractivity contribution in [1.82, 2.24) is 10.2 Å². The monoisotopic (exact) mass is 344 g/mol. The number of carbonyl (C=O) groups is 2. The molecule has 2 amide bonds. The quantitative estimate of drug-likeness (QED) is 0.881. The number of hydrogen-bond donors (Lipinski definition) is 2. The van der Waals surface area contributed by atoms with Gasteiger partial charge >= 0.3 is 6.09 Å². The summed E-state index contributed by atoms with van der Waals surface area (Å²) in [5.74, 6) is -1.12. The fourth-order valence-electron chi connectivity index (χ4n) is 2.57. The van der Waals surface area contributed by atoms with Crippen LogP contribution in [-0.4, -0.2) is 48.2 Å². The van der Waals surface area contributed by atoms with Crippen molar-refractivity contribution in [1.29, 1.82) is 0 Å². The number of halogens is 2. The zero-order chi connectivity index (χ0) is 17.0. The van der Waals surface area contributed by atoms with Crippen LogP contribution in [0.2, 0.25) is 5.02 Å². The van der Waals surface area contributed by atoms with Crippen LogP contribution in [0.4, 0.5) is 9.18 Å². The van der Waals surface area contributed by atoms with Gasteiger partial charge in [0.05, 0.1) is 17.7 Å². The predicted octanol–water partition coefficient (Wildman–Crippen LogP) is 2.28. The molecular formula is C15H18ClFN2O4. The number of nitrogens with zero attached hydrogens (tertiary/aromatic N) is 1. The molecule has 6 nitrogen and oxygen atoms in total. The molecule has 8 heteroatoms. The molecular weight excluding hydrogens is 327 g/mol. The van der Waals surface area contributed by atoms with Crippen molar-refractivity contribution in [2.24, 2.45) is 5.92 Å². The van der Waals surface area contributed by atoms with Gasteiger partial charge in [0.2, 0.25) is 5.91 Å². The molecule has 0 bridgehead atoms. The number of ether oxygens (including phenoxy) is 1. The first-order valence-electron chi connectivity index (χ1n) is 7.17. The van der Waals surface area contributed by atoms with E-state index in [4.69, 9.17) is 16.3 Å². The lowest BCUT2D eigenvalue weighted by Gasteiger charge is -2.27. The van der Waals surface area contributed by atoms with Gasteiger partial charge in [-0.25, -0.2) is 9.18 Å². The molecule has 1 aliphatic rings. The zero-order valence-electron chi connectivity index (χ0n) is 12.6. The van der Waals surface area contributed by atoms with Crippen molar-refractivity contribution >= 4 is 23.6 Å². The van der Waals surface area contributed by atoms with Crippen LogP contribution in [0, 0.1) is 11.7 Å². The summed E-state index contributed by atoms with van der Waals surface area (Å²) in [6.07, 6.45) is -1.58. The molecule has 23 heavy (non-hydrogen) atoms. The Morgan fingerprint density at radius 2 is 2.26 bits per heavy atom. The Bertz CT molecular complexity index is 599. The fourth-order valence-corrected chi connectivity index (χ4v) is 2.69. The lowest BCUT2D eigenvalue weighted by Crippen LogP contribution is -2.39. The molecule has 0 spiro atoms. The van der Waals surface area contributed by atoms with Gasteiger partial charge < -0.3 is 20.1 Å². The molecule has 1 saturated heterocycles. The van der Waals surface area contributed by atoms with Gasteiger partial charge in [0.25, 0.3) is 0 Å². The van der Waals surface area contributed by atoms with Crippen LogP contribution in [0.1, 0.15) is 18.6 Å². The minimum Gasteiger partial charge on any atom is -0.465 e. The number of nitrogens with one attached hydrogen (secondary N) is 1. The Kier molecular flexibility index (Phi) is 5.79. The molecule has 1 heterocycles. The molecule has 126 valence electrons. The lowest BCUT2D eigenvalue weighted by atomic mass is 9.95. The van der Waals surface area contributed by atoms with Crippen LogP contribution in [0.5, 0.6) is 0 Å². The summed E-state index contributed by atoms with van der Waals surface area (Å²) in [5, 5.41) is 11.9. The van der Waals surface area contributed by atoms with Crippen LogP contribution in [0.25, 0.3) is 0 Å². The molecule has 1 aliphatic heterocycles. The van der Waals surface area contributed by atoms with Gasteiger partial charge in [0.1, 0.15) is 5.82 Å². The fraction of sp³-hybridized carbons (Fsp3) is 0.467. The Morgan fingerprint density at radius 1 is 1.52 bits per heavy atom. The van der Waals surface area contributed by atoms with Crippen LogP contribution in [-0.2, 0) is 9.53 Å². The molecule has 2 atom stereocenters. The number of hydrogen-bond acceptors (Lipinski definition) is 3. The maximum absolute atomic E-state index is 13.7. The first kappa shape index (κ1) is 17.5. The Balaban J connectivity index is 2.26. The van der Waals surface area contributed by atoms with Gasteiger partial charge in [-0.15, -0.1) is 0 Å². The number of carbonyl (C=O) groups excluding carboxylic acids is 1. The molecule has 1 fully saturated rings. The summed E-state index contributed by atoms with van der Waals surface area (Å²) in [7, 11) is 0. The van der Waals surface area contributed by atoms with E-state index in [2.05, 4.69) is 5.32 Å². The topological polar surface area (TPSA) is 78.9 Å². The summed E-state index contributed by atoms with van der Waals surface area (Å²) in [5.41, 5.74) is 0.564. The third-order valence-electron chi connectivity index (χ3n) is 3.70. The van der Waals surface area contributed by atoms with Crippen molar-refractivity contribution in [2.75, 3.05) is 26.2 Å². The Morgan fingerprint density at radius 3 is 2.87 bits per heavy atom. The number of carboxylic acid groups (broad SMARTS) is 1. The van der Waals surface area contributed by atoms with E-state index in [1.807, 2.05) is 0 Å². The van der Waals surface area contributed by atoms with Gasteiger partial charge in [-0.05, 0) is 17.7 Å². The Hall–Kier alpha value is -1.86. The van der Waals surface area contributed by atoms with Crippen molar-refractivity contribution in [2.45, 2.75) is 13.0 Å². The van der Waals surface area contributed by atoms with Gasteiger partial charge in [0.15, 0.2) is 0 Å². The minimum absolute atomic E-state index is 0.00736. The highest BCUT2D eigenvalue weighted by Crippen LogP contribution is 2.31. The highest BCUT2D eigenvalue weighted by Gasteiger charge is 2.31. The first-order valence-corrected chi connectivity index (χ1v) is 7.55. The molecule has 0 aliphatic carbocycles. The SMILES string of the molecule is CC(=O)NC[C@@H]1CN(C(=O)O)CCO[C@H]1c1ccc(Cl)c(F)c1. The average Bonchev–Trinajstić information content (AvgIpc) is 2.70. The molecule has 0 aromatic heterocycles. The molecule has 1 aromatic carbocycles. The summed E-state index contributed by atoms with van der Waals surface area (Å²) < 4.78 is 19.5. The second-order valence-electron chi connectivity index (χ2n) is 5.39. The van der Waals surface area contributed by atoms with E-state index in [1.54, 1.807) is 6.07 Å². The molecule has 0 unspecified atom stereocenters. The molecule has 2 N–H and O–H groups in total. The van der Waals surface area contributed by atoms with Crippen LogP contribution in [0.3, 0.4) is 0 Å². The lowest BCUT2D eigenvalue weighted by molar-refractivity contribution is -0.119. The maximum atomic E-state index is 13.7. The van der Waals surface area contributed by atoms with Crippen LogP contribution < -0.4 is 5.32 Å². The standard InChI is InChI=1S/C15H18ClFN2O4/c1-9(20)18-7-11-8-19(15(21)22)4-5-23-14(11)10-2-3-12(16)13(17)6-10/h2-3,6,11,14H,4-5,7-8H2,1H3,(H,18,20)(H,21,22)/t11-,14+/m1/s1. The van der Waals surface area contributed by atoms with Gasteiger partial charge in [-0.3, -0.25) is 4.79 Å². The van der Waals surface area contributed by atoms with Gasteiger partial charge in [-0.1, -0.05) is 17.7 Å². The minimum atomic E-state index is -1.05. The van der Waals surface area contributed by atoms with E-state index < -0.39 is 18.0 Å². The third-order valence-corrected chi connectivity index (χ3v) is 4.00. The predicted molar refractivity (Wildman–Crippen MR) is 81.9 cm³/mol. The van der Waals surface area contributed by atoms with Gasteiger partial charge in [0, 0.05) is 32.5 Å². The highest BCUT2D eigenvalue weighted by molar-refractivity contribution is 6.30. The molecule has 0 radical (unpaired) electrons. The van der Waals surface area contributed by atoms with Crippen LogP contribution >= 0.6 is 11.6 Å². The third kappa shape index (κ3) is 4.56. The maximum Gasteiger partial charge on any atom is 0.407 e. The summed E-state index contributed by atoms with van der Waals surface area (Å²) in [6.45, 7) is 2.21. The van der Waals surface area contributed by atoms with E-state index in [9.17, 15) is 19.1 Å². The summed E-state index contributed by atoms with van der Waals surface area (Å²) >= 11 is 5.70. The smallest absolute Gasteiger partial charge is 0.407 e. The van der Waals surface area contributed by atoms with E-state index in [1.165, 1.54) is 24.0 Å². The van der Waals surface area contributed by atoms with Crippen molar-refractivity contribution in [3.05, 3.63) is 34.6 Å². The van der Waals surface area contributed by atoms with Crippen molar-refractivity contribution in [3.63, 3.8) is 0 Å². The second kappa shape index (κ2) is 7.61. The normalized spacial score (nSPS) is 21.6. The van der Waals surface area contributed by atoms with Crippen molar-refractivity contribution in [3.8, 4) is 0 Å². The number of amides is 2. The van der Waals surface area contributed by atoms with Gasteiger partial charge in [-0.2, -0.15) is 0 Å². The van der Waals surface area contributed by atoms with E-state index in [-0.39, 0.29) is 43.1 Å². The molecule has 1 aromatic rings. The average molecular weight is 345 g/mol. The van der Waals surface area contributed by atoms with Crippen LogP contribution in [0.15, 0.2) is 18.2 Å². The molecule has 2 rings (SSSR count). The van der Waals surface area contributed by atoms with E-state index in [0.29, 0.717) is 5.56 Å². The number of rotatable bonds is 3.